The Hall–Kier alpha value is -1.51. The summed E-state index contributed by atoms with van der Waals surface area (Å²) in [4.78, 5) is 14.5. The van der Waals surface area contributed by atoms with E-state index in [9.17, 15) is 4.79 Å². The van der Waals surface area contributed by atoms with E-state index >= 15 is 0 Å². The molecule has 1 aliphatic rings. The summed E-state index contributed by atoms with van der Waals surface area (Å²) in [6.45, 7) is 6.32. The molecule has 110 valence electrons. The van der Waals surface area contributed by atoms with Crippen molar-refractivity contribution in [3.8, 4) is 0 Å². The highest BCUT2D eigenvalue weighted by Gasteiger charge is 2.20. The van der Waals surface area contributed by atoms with Gasteiger partial charge >= 0.3 is 0 Å². The first-order valence-electron chi connectivity index (χ1n) is 7.90. The van der Waals surface area contributed by atoms with Gasteiger partial charge in [0.15, 0.2) is 0 Å². The molecule has 3 nitrogen and oxygen atoms in total. The Kier molecular flexibility index (Phi) is 5.45. The van der Waals surface area contributed by atoms with Crippen LogP contribution in [0.15, 0.2) is 24.3 Å². The summed E-state index contributed by atoms with van der Waals surface area (Å²) >= 11 is 0. The van der Waals surface area contributed by atoms with Crippen LogP contribution in [-0.4, -0.2) is 19.0 Å². The fourth-order valence-electron chi connectivity index (χ4n) is 2.95. The van der Waals surface area contributed by atoms with E-state index in [-0.39, 0.29) is 11.8 Å². The normalized spacial score (nSPS) is 15.9. The molecule has 1 amide bonds. The summed E-state index contributed by atoms with van der Waals surface area (Å²) in [6.07, 6.45) is 5.76. The smallest absolute Gasteiger partial charge is 0.227 e. The predicted octanol–water partition coefficient (Wildman–Crippen LogP) is 4.05. The second kappa shape index (κ2) is 7.32. The van der Waals surface area contributed by atoms with Crippen molar-refractivity contribution < 1.29 is 4.79 Å². The molecule has 0 unspecified atom stereocenters. The largest absolute Gasteiger partial charge is 0.372 e. The van der Waals surface area contributed by atoms with Gasteiger partial charge < -0.3 is 10.2 Å². The van der Waals surface area contributed by atoms with Gasteiger partial charge in [0, 0.05) is 30.4 Å². The van der Waals surface area contributed by atoms with Gasteiger partial charge in [-0.2, -0.15) is 0 Å². The van der Waals surface area contributed by atoms with Crippen molar-refractivity contribution in [1.29, 1.82) is 0 Å². The quantitative estimate of drug-likeness (QED) is 0.878. The molecule has 20 heavy (non-hydrogen) atoms. The molecule has 3 heteroatoms. The van der Waals surface area contributed by atoms with E-state index < -0.39 is 0 Å². The molecule has 0 aromatic heterocycles. The number of nitrogens with zero attached hydrogens (tertiary/aromatic N) is 1. The van der Waals surface area contributed by atoms with E-state index in [1.807, 2.05) is 12.1 Å². The van der Waals surface area contributed by atoms with Crippen LogP contribution in [-0.2, 0) is 4.79 Å². The lowest BCUT2D eigenvalue weighted by Gasteiger charge is -2.22. The average Bonchev–Trinajstić information content (AvgIpc) is 2.51. The van der Waals surface area contributed by atoms with Gasteiger partial charge in [-0.1, -0.05) is 19.3 Å². The molecule has 2 rings (SSSR count). The molecule has 0 heterocycles. The zero-order chi connectivity index (χ0) is 14.4. The number of benzene rings is 1. The van der Waals surface area contributed by atoms with Gasteiger partial charge in [-0.3, -0.25) is 4.79 Å². The number of nitrogens with one attached hydrogen (secondary N) is 1. The van der Waals surface area contributed by atoms with Crippen molar-refractivity contribution in [2.45, 2.75) is 46.0 Å². The first-order chi connectivity index (χ1) is 9.74. The highest BCUT2D eigenvalue weighted by molar-refractivity contribution is 5.92. The lowest BCUT2D eigenvalue weighted by molar-refractivity contribution is -0.120. The lowest BCUT2D eigenvalue weighted by Crippen LogP contribution is -2.25. The van der Waals surface area contributed by atoms with Gasteiger partial charge in [-0.15, -0.1) is 0 Å². The molecule has 0 atom stereocenters. The van der Waals surface area contributed by atoms with E-state index in [4.69, 9.17) is 0 Å². The van der Waals surface area contributed by atoms with Gasteiger partial charge in [0.25, 0.3) is 0 Å². The summed E-state index contributed by atoms with van der Waals surface area (Å²) in [7, 11) is 0. The van der Waals surface area contributed by atoms with E-state index in [2.05, 4.69) is 36.2 Å². The highest BCUT2D eigenvalue weighted by atomic mass is 16.1. The predicted molar refractivity (Wildman–Crippen MR) is 85.2 cm³/mol. The molecule has 1 fully saturated rings. The molecule has 1 aliphatic carbocycles. The van der Waals surface area contributed by atoms with Crippen LogP contribution in [0.5, 0.6) is 0 Å². The SMILES string of the molecule is CCN(CC)c1ccc(NC(=O)C2CCCCC2)cc1. The monoisotopic (exact) mass is 274 g/mol. The number of hydrogen-bond acceptors (Lipinski definition) is 2. The van der Waals surface area contributed by atoms with Crippen molar-refractivity contribution in [2.75, 3.05) is 23.3 Å². The van der Waals surface area contributed by atoms with Crippen LogP contribution >= 0.6 is 0 Å². The summed E-state index contributed by atoms with van der Waals surface area (Å²) in [5.74, 6) is 0.409. The second-order valence-corrected chi connectivity index (χ2v) is 5.54. The third-order valence-electron chi connectivity index (χ3n) is 4.24. The molecule has 0 saturated heterocycles. The summed E-state index contributed by atoms with van der Waals surface area (Å²) < 4.78 is 0. The minimum Gasteiger partial charge on any atom is -0.372 e. The Morgan fingerprint density at radius 3 is 2.25 bits per heavy atom. The van der Waals surface area contributed by atoms with Gasteiger partial charge in [0.1, 0.15) is 0 Å². The molecule has 1 aromatic carbocycles. The molecular formula is C17H26N2O. The Labute approximate surface area is 122 Å². The molecule has 0 bridgehead atoms. The standard InChI is InChI=1S/C17H26N2O/c1-3-19(4-2)16-12-10-15(11-13-16)18-17(20)14-8-6-5-7-9-14/h10-14H,3-9H2,1-2H3,(H,18,20). The zero-order valence-corrected chi connectivity index (χ0v) is 12.7. The fraction of sp³-hybridized carbons (Fsp3) is 0.588. The summed E-state index contributed by atoms with van der Waals surface area (Å²) in [5, 5.41) is 3.06. The molecule has 0 spiro atoms. The van der Waals surface area contributed by atoms with Crippen molar-refractivity contribution in [2.24, 2.45) is 5.92 Å². The zero-order valence-electron chi connectivity index (χ0n) is 12.7. The van der Waals surface area contributed by atoms with Crippen LogP contribution in [0.25, 0.3) is 0 Å². The van der Waals surface area contributed by atoms with Crippen LogP contribution in [0.2, 0.25) is 0 Å². The number of carbonyl (C=O) groups is 1. The fourth-order valence-corrected chi connectivity index (χ4v) is 2.95. The Balaban J connectivity index is 1.94. The van der Waals surface area contributed by atoms with Crippen molar-refractivity contribution in [3.63, 3.8) is 0 Å². The van der Waals surface area contributed by atoms with E-state index in [1.54, 1.807) is 0 Å². The Morgan fingerprint density at radius 1 is 1.10 bits per heavy atom. The van der Waals surface area contributed by atoms with Gasteiger partial charge in [0.2, 0.25) is 5.91 Å². The average molecular weight is 274 g/mol. The van der Waals surface area contributed by atoms with Crippen LogP contribution in [0, 0.1) is 5.92 Å². The lowest BCUT2D eigenvalue weighted by atomic mass is 9.88. The minimum absolute atomic E-state index is 0.195. The van der Waals surface area contributed by atoms with E-state index in [0.717, 1.165) is 31.6 Å². The molecule has 0 aliphatic heterocycles. The number of anilines is 2. The third kappa shape index (κ3) is 3.75. The van der Waals surface area contributed by atoms with Crippen LogP contribution in [0.3, 0.4) is 0 Å². The maximum atomic E-state index is 12.2. The number of hydrogen-bond donors (Lipinski definition) is 1. The summed E-state index contributed by atoms with van der Waals surface area (Å²) in [5.41, 5.74) is 2.13. The van der Waals surface area contributed by atoms with Gasteiger partial charge in [-0.05, 0) is 51.0 Å². The van der Waals surface area contributed by atoms with Gasteiger partial charge in [-0.25, -0.2) is 0 Å². The minimum atomic E-state index is 0.195. The first-order valence-corrected chi connectivity index (χ1v) is 7.90. The van der Waals surface area contributed by atoms with E-state index in [1.165, 1.54) is 24.9 Å². The van der Waals surface area contributed by atoms with Crippen LogP contribution in [0.1, 0.15) is 46.0 Å². The Bertz CT molecular complexity index is 417. The Morgan fingerprint density at radius 2 is 1.70 bits per heavy atom. The number of amides is 1. The first kappa shape index (κ1) is 14.9. The van der Waals surface area contributed by atoms with Gasteiger partial charge in [0.05, 0.1) is 0 Å². The number of rotatable bonds is 5. The maximum Gasteiger partial charge on any atom is 0.227 e. The summed E-state index contributed by atoms with van der Waals surface area (Å²) in [6, 6.07) is 8.19. The molecule has 1 N–H and O–H groups in total. The highest BCUT2D eigenvalue weighted by Crippen LogP contribution is 2.25. The van der Waals surface area contributed by atoms with Crippen LogP contribution < -0.4 is 10.2 Å². The van der Waals surface area contributed by atoms with Crippen molar-refractivity contribution in [3.05, 3.63) is 24.3 Å². The third-order valence-corrected chi connectivity index (χ3v) is 4.24. The van der Waals surface area contributed by atoms with Crippen molar-refractivity contribution in [1.82, 2.24) is 0 Å². The molecule has 0 radical (unpaired) electrons. The maximum absolute atomic E-state index is 12.2. The number of carbonyl (C=O) groups excluding carboxylic acids is 1. The van der Waals surface area contributed by atoms with Crippen molar-refractivity contribution >= 4 is 17.3 Å². The topological polar surface area (TPSA) is 32.3 Å². The second-order valence-electron chi connectivity index (χ2n) is 5.54. The molecular weight excluding hydrogens is 248 g/mol. The molecule has 1 saturated carbocycles. The van der Waals surface area contributed by atoms with Crippen LogP contribution in [0.4, 0.5) is 11.4 Å². The molecule has 1 aromatic rings. The van der Waals surface area contributed by atoms with E-state index in [0.29, 0.717) is 0 Å².